The number of aliphatic carboxylic acids is 1. The highest BCUT2D eigenvalue weighted by Crippen LogP contribution is 2.22. The molecule has 1 aromatic heterocycles. The van der Waals surface area contributed by atoms with E-state index < -0.39 is 11.9 Å². The molecule has 0 saturated heterocycles. The summed E-state index contributed by atoms with van der Waals surface area (Å²) in [6.07, 6.45) is 0.487. The van der Waals surface area contributed by atoms with Crippen LogP contribution < -0.4 is 4.90 Å². The fraction of sp³-hybridized carbons (Fsp3) is 0.429. The van der Waals surface area contributed by atoms with Crippen LogP contribution in [0.25, 0.3) is 11.4 Å². The molecule has 0 amide bonds. The number of carboxylic acid groups (broad SMARTS) is 1. The van der Waals surface area contributed by atoms with E-state index in [4.69, 9.17) is 5.11 Å². The van der Waals surface area contributed by atoms with E-state index >= 15 is 0 Å². The van der Waals surface area contributed by atoms with Crippen molar-refractivity contribution >= 4 is 11.7 Å². The van der Waals surface area contributed by atoms with Crippen molar-refractivity contribution in [2.45, 2.75) is 19.9 Å². The van der Waals surface area contributed by atoms with Crippen LogP contribution in [0.15, 0.2) is 24.3 Å². The van der Waals surface area contributed by atoms with Crippen LogP contribution in [0.2, 0.25) is 0 Å². The maximum absolute atomic E-state index is 10.9. The van der Waals surface area contributed by atoms with E-state index in [1.165, 1.54) is 0 Å². The number of aromatic nitrogens is 4. The summed E-state index contributed by atoms with van der Waals surface area (Å²) < 4.78 is 1.65. The SMILES string of the molecule is CC(CCn1nnnc1-c1cccc(N(C)C)c1)C(=O)O. The number of anilines is 1. The zero-order valence-electron chi connectivity index (χ0n) is 12.4. The van der Waals surface area contributed by atoms with E-state index in [1.54, 1.807) is 11.6 Å². The number of hydrogen-bond acceptors (Lipinski definition) is 5. The van der Waals surface area contributed by atoms with Gasteiger partial charge in [0.15, 0.2) is 5.82 Å². The minimum Gasteiger partial charge on any atom is -0.481 e. The molecule has 0 aliphatic heterocycles. The Morgan fingerprint density at radius 1 is 1.43 bits per heavy atom. The monoisotopic (exact) mass is 289 g/mol. The van der Waals surface area contributed by atoms with Crippen molar-refractivity contribution < 1.29 is 9.90 Å². The molecule has 1 unspecified atom stereocenters. The average Bonchev–Trinajstić information content (AvgIpc) is 2.93. The highest BCUT2D eigenvalue weighted by atomic mass is 16.4. The maximum atomic E-state index is 10.9. The minimum absolute atomic E-state index is 0.421. The summed E-state index contributed by atoms with van der Waals surface area (Å²) in [4.78, 5) is 12.9. The third-order valence-electron chi connectivity index (χ3n) is 3.35. The summed E-state index contributed by atoms with van der Waals surface area (Å²) in [5.41, 5.74) is 1.97. The Morgan fingerprint density at radius 2 is 2.19 bits per heavy atom. The largest absolute Gasteiger partial charge is 0.481 e. The topological polar surface area (TPSA) is 84.1 Å². The van der Waals surface area contributed by atoms with Crippen LogP contribution in [-0.4, -0.2) is 45.4 Å². The lowest BCUT2D eigenvalue weighted by molar-refractivity contribution is -0.141. The Kier molecular flexibility index (Phi) is 4.52. The lowest BCUT2D eigenvalue weighted by atomic mass is 10.1. The Bertz CT molecular complexity index is 623. The number of aryl methyl sites for hydroxylation is 1. The number of rotatable bonds is 6. The van der Waals surface area contributed by atoms with Crippen LogP contribution in [0, 0.1) is 5.92 Å². The van der Waals surface area contributed by atoms with Crippen LogP contribution in [0.5, 0.6) is 0 Å². The summed E-state index contributed by atoms with van der Waals surface area (Å²) in [7, 11) is 3.94. The van der Waals surface area contributed by atoms with Crippen LogP contribution in [-0.2, 0) is 11.3 Å². The van der Waals surface area contributed by atoms with E-state index in [9.17, 15) is 4.79 Å². The zero-order chi connectivity index (χ0) is 15.4. The number of hydrogen-bond donors (Lipinski definition) is 1. The highest BCUT2D eigenvalue weighted by Gasteiger charge is 2.14. The van der Waals surface area contributed by atoms with Crippen LogP contribution in [0.4, 0.5) is 5.69 Å². The molecule has 0 radical (unpaired) electrons. The molecule has 7 heteroatoms. The molecule has 0 aliphatic rings. The first-order valence-electron chi connectivity index (χ1n) is 6.75. The van der Waals surface area contributed by atoms with Crippen molar-refractivity contribution in [3.63, 3.8) is 0 Å². The molecule has 1 heterocycles. The average molecular weight is 289 g/mol. The van der Waals surface area contributed by atoms with Gasteiger partial charge in [0.05, 0.1) is 5.92 Å². The normalized spacial score (nSPS) is 12.1. The van der Waals surface area contributed by atoms with E-state index in [0.717, 1.165) is 11.3 Å². The Hall–Kier alpha value is -2.44. The quantitative estimate of drug-likeness (QED) is 0.868. The Morgan fingerprint density at radius 3 is 2.86 bits per heavy atom. The second-order valence-corrected chi connectivity index (χ2v) is 5.20. The molecule has 0 spiro atoms. The first-order valence-corrected chi connectivity index (χ1v) is 6.75. The van der Waals surface area contributed by atoms with E-state index in [0.29, 0.717) is 18.8 Å². The van der Waals surface area contributed by atoms with Crippen molar-refractivity contribution in [3.05, 3.63) is 24.3 Å². The van der Waals surface area contributed by atoms with E-state index in [2.05, 4.69) is 15.5 Å². The molecule has 2 aromatic rings. The summed E-state index contributed by atoms with van der Waals surface area (Å²) in [6.45, 7) is 2.15. The predicted octanol–water partition coefficient (Wildman–Crippen LogP) is 1.52. The summed E-state index contributed by atoms with van der Waals surface area (Å²) >= 11 is 0. The van der Waals surface area contributed by atoms with Gasteiger partial charge in [-0.05, 0) is 29.0 Å². The first-order chi connectivity index (χ1) is 9.99. The number of benzene rings is 1. The third kappa shape index (κ3) is 3.56. The number of nitrogens with zero attached hydrogens (tertiary/aromatic N) is 5. The first kappa shape index (κ1) is 15.0. The number of carbonyl (C=O) groups is 1. The molecule has 1 N–H and O–H groups in total. The summed E-state index contributed by atoms with van der Waals surface area (Å²) in [5, 5.41) is 20.6. The van der Waals surface area contributed by atoms with Crippen LogP contribution >= 0.6 is 0 Å². The Labute approximate surface area is 123 Å². The van der Waals surface area contributed by atoms with Gasteiger partial charge in [0.25, 0.3) is 0 Å². The van der Waals surface area contributed by atoms with Gasteiger partial charge in [0.1, 0.15) is 0 Å². The molecule has 2 rings (SSSR count). The molecular weight excluding hydrogens is 270 g/mol. The molecule has 0 fully saturated rings. The van der Waals surface area contributed by atoms with Gasteiger partial charge < -0.3 is 10.0 Å². The predicted molar refractivity (Wildman–Crippen MR) is 79.0 cm³/mol. The maximum Gasteiger partial charge on any atom is 0.306 e. The lowest BCUT2D eigenvalue weighted by Crippen LogP contribution is -2.14. The van der Waals surface area contributed by atoms with Crippen molar-refractivity contribution in [1.29, 1.82) is 0 Å². The van der Waals surface area contributed by atoms with Crippen LogP contribution in [0.1, 0.15) is 13.3 Å². The van der Waals surface area contributed by atoms with Crippen LogP contribution in [0.3, 0.4) is 0 Å². The van der Waals surface area contributed by atoms with Gasteiger partial charge in [0, 0.05) is 31.9 Å². The smallest absolute Gasteiger partial charge is 0.306 e. The fourth-order valence-electron chi connectivity index (χ4n) is 1.92. The third-order valence-corrected chi connectivity index (χ3v) is 3.35. The summed E-state index contributed by atoms with van der Waals surface area (Å²) in [6, 6.07) is 7.90. The second-order valence-electron chi connectivity index (χ2n) is 5.20. The van der Waals surface area contributed by atoms with Gasteiger partial charge in [-0.3, -0.25) is 4.79 Å². The van der Waals surface area contributed by atoms with E-state index in [-0.39, 0.29) is 0 Å². The van der Waals surface area contributed by atoms with Crippen molar-refractivity contribution in [2.75, 3.05) is 19.0 Å². The zero-order valence-corrected chi connectivity index (χ0v) is 12.4. The Balaban J connectivity index is 2.20. The van der Waals surface area contributed by atoms with Crippen molar-refractivity contribution in [3.8, 4) is 11.4 Å². The number of carboxylic acids is 1. The van der Waals surface area contributed by atoms with Gasteiger partial charge in [-0.25, -0.2) is 4.68 Å². The fourth-order valence-corrected chi connectivity index (χ4v) is 1.92. The van der Waals surface area contributed by atoms with Gasteiger partial charge in [-0.2, -0.15) is 0 Å². The van der Waals surface area contributed by atoms with E-state index in [1.807, 2.05) is 43.3 Å². The van der Waals surface area contributed by atoms with Gasteiger partial charge >= 0.3 is 5.97 Å². The highest BCUT2D eigenvalue weighted by molar-refractivity contribution is 5.69. The second kappa shape index (κ2) is 6.34. The van der Waals surface area contributed by atoms with Gasteiger partial charge in [-0.15, -0.1) is 5.10 Å². The number of tetrazole rings is 1. The van der Waals surface area contributed by atoms with Gasteiger partial charge in [-0.1, -0.05) is 19.1 Å². The molecule has 0 aliphatic carbocycles. The van der Waals surface area contributed by atoms with Crippen molar-refractivity contribution in [1.82, 2.24) is 20.2 Å². The lowest BCUT2D eigenvalue weighted by Gasteiger charge is -2.13. The molecule has 1 aromatic carbocycles. The minimum atomic E-state index is -0.806. The standard InChI is InChI=1S/C14H19N5O2/c1-10(14(20)21)7-8-19-13(15-16-17-19)11-5-4-6-12(9-11)18(2)3/h4-6,9-10H,7-8H2,1-3H3,(H,20,21). The van der Waals surface area contributed by atoms with Crippen molar-refractivity contribution in [2.24, 2.45) is 5.92 Å². The molecule has 21 heavy (non-hydrogen) atoms. The summed E-state index contributed by atoms with van der Waals surface area (Å²) in [5.74, 6) is -0.578. The molecule has 0 bridgehead atoms. The molecule has 112 valence electrons. The molecule has 0 saturated carbocycles. The van der Waals surface area contributed by atoms with Gasteiger partial charge in [0.2, 0.25) is 0 Å². The molecular formula is C14H19N5O2. The molecule has 1 atom stereocenters. The molecule has 7 nitrogen and oxygen atoms in total.